The van der Waals surface area contributed by atoms with E-state index in [1.54, 1.807) is 0 Å². The van der Waals surface area contributed by atoms with Crippen LogP contribution in [0.15, 0.2) is 11.6 Å². The van der Waals surface area contributed by atoms with Crippen molar-refractivity contribution in [2.24, 2.45) is 5.92 Å². The van der Waals surface area contributed by atoms with Crippen LogP contribution in [0.3, 0.4) is 0 Å². The van der Waals surface area contributed by atoms with E-state index in [2.05, 4.69) is 9.84 Å². The van der Waals surface area contributed by atoms with Gasteiger partial charge in [0.15, 0.2) is 0 Å². The fraction of sp³-hybridized carbons (Fsp3) is 0.857. The van der Waals surface area contributed by atoms with Crippen molar-refractivity contribution in [1.29, 1.82) is 0 Å². The molecule has 0 unspecified atom stereocenters. The first-order valence-electron chi connectivity index (χ1n) is 8.32. The van der Waals surface area contributed by atoms with E-state index in [1.165, 1.54) is 6.08 Å². The number of hydrogen-bond donors (Lipinski definition) is 10. The predicted octanol–water partition coefficient (Wildman–Crippen LogP) is -4.46. The van der Waals surface area contributed by atoms with E-state index in [4.69, 9.17) is 9.79 Å². The van der Waals surface area contributed by atoms with E-state index < -0.39 is 75.7 Å². The van der Waals surface area contributed by atoms with Gasteiger partial charge >= 0.3 is 7.82 Å². The topological polar surface area (TPSA) is 220 Å². The number of phosphoric ester groups is 1. The van der Waals surface area contributed by atoms with E-state index in [1.807, 2.05) is 0 Å². The van der Waals surface area contributed by atoms with Gasteiger partial charge in [0.05, 0.1) is 31.5 Å². The fourth-order valence-electron chi connectivity index (χ4n) is 3.44. The molecule has 10 N–H and O–H groups in total. The number of aliphatic hydroxyl groups excluding tert-OH is 7. The maximum Gasteiger partial charge on any atom is 0.469 e. The van der Waals surface area contributed by atoms with Crippen molar-refractivity contribution < 1.29 is 54.6 Å². The molecule has 13 heteroatoms. The molecule has 2 aliphatic carbocycles. The second kappa shape index (κ2) is 8.91. The highest BCUT2D eigenvalue weighted by atomic mass is 31.2. The van der Waals surface area contributed by atoms with Crippen molar-refractivity contribution in [3.8, 4) is 0 Å². The highest BCUT2D eigenvalue weighted by Gasteiger charge is 2.45. The van der Waals surface area contributed by atoms with Gasteiger partial charge in [0.2, 0.25) is 0 Å². The Kier molecular flexibility index (Phi) is 7.53. The van der Waals surface area contributed by atoms with E-state index >= 15 is 0 Å². The van der Waals surface area contributed by atoms with Crippen molar-refractivity contribution in [3.05, 3.63) is 11.6 Å². The van der Waals surface area contributed by atoms with Crippen LogP contribution in [0.1, 0.15) is 6.42 Å². The standard InChI is InChI=1S/C14H26NO11P/c16-3-5-1-7(11(19)13(21)9(5)17)15-8-2-6(4-26-27(23,24)25)10(18)14(22)12(8)20/h1,6-22H,2-4H2,(H2,23,24,25)/t6-,7+,8+,9-,10-,11+,12+,13+,14+/m1/s1. The Morgan fingerprint density at radius 1 is 1.00 bits per heavy atom. The Bertz CT molecular complexity index is 583. The first kappa shape index (κ1) is 22.8. The number of aliphatic hydroxyl groups is 7. The molecule has 0 spiro atoms. The van der Waals surface area contributed by atoms with Crippen LogP contribution in [0, 0.1) is 5.92 Å². The van der Waals surface area contributed by atoms with Gasteiger partial charge in [-0.1, -0.05) is 6.08 Å². The van der Waals surface area contributed by atoms with Gasteiger partial charge in [-0.3, -0.25) is 4.52 Å². The fourth-order valence-corrected chi connectivity index (χ4v) is 3.82. The Morgan fingerprint density at radius 2 is 1.63 bits per heavy atom. The predicted molar refractivity (Wildman–Crippen MR) is 88.0 cm³/mol. The van der Waals surface area contributed by atoms with Gasteiger partial charge in [-0.15, -0.1) is 0 Å². The van der Waals surface area contributed by atoms with Gasteiger partial charge in [-0.25, -0.2) is 4.57 Å². The van der Waals surface area contributed by atoms with Crippen molar-refractivity contribution in [2.75, 3.05) is 13.2 Å². The molecule has 9 atom stereocenters. The van der Waals surface area contributed by atoms with Crippen molar-refractivity contribution in [1.82, 2.24) is 5.32 Å². The third-order valence-electron chi connectivity index (χ3n) is 5.01. The Labute approximate surface area is 154 Å². The monoisotopic (exact) mass is 415 g/mol. The molecule has 0 aromatic heterocycles. The third kappa shape index (κ3) is 5.32. The molecular weight excluding hydrogens is 389 g/mol. The highest BCUT2D eigenvalue weighted by Crippen LogP contribution is 2.38. The zero-order chi connectivity index (χ0) is 20.5. The molecule has 0 aliphatic heterocycles. The molecular formula is C14H26NO11P. The summed E-state index contributed by atoms with van der Waals surface area (Å²) in [5.41, 5.74) is 0.0533. The molecule has 1 fully saturated rings. The van der Waals surface area contributed by atoms with Gasteiger partial charge < -0.3 is 50.8 Å². The molecule has 2 aliphatic rings. The SMILES string of the molecule is O=P(O)(O)OC[C@H]1C[C@H](N[C@H]2C=C(CO)[C@@H](O)[C@H](O)[C@H]2O)[C@H](O)[C@@H](O)[C@@H]1O. The van der Waals surface area contributed by atoms with Gasteiger partial charge in [-0.05, 0) is 12.0 Å². The van der Waals surface area contributed by atoms with Gasteiger partial charge in [-0.2, -0.15) is 0 Å². The molecule has 27 heavy (non-hydrogen) atoms. The summed E-state index contributed by atoms with van der Waals surface area (Å²) in [4.78, 5) is 17.6. The summed E-state index contributed by atoms with van der Waals surface area (Å²) < 4.78 is 15.2. The van der Waals surface area contributed by atoms with Crippen molar-refractivity contribution in [3.63, 3.8) is 0 Å². The Morgan fingerprint density at radius 3 is 2.19 bits per heavy atom. The number of rotatable bonds is 6. The lowest BCUT2D eigenvalue weighted by atomic mass is 9.78. The summed E-state index contributed by atoms with van der Waals surface area (Å²) in [7, 11) is -4.80. The van der Waals surface area contributed by atoms with Crippen LogP contribution in [-0.2, 0) is 9.09 Å². The molecule has 0 aromatic rings. The number of nitrogens with one attached hydrogen (secondary N) is 1. The molecule has 1 saturated carbocycles. The maximum absolute atomic E-state index is 10.9. The normalized spacial score (nSPS) is 43.4. The molecule has 2 rings (SSSR count). The summed E-state index contributed by atoms with van der Waals surface area (Å²) in [6.45, 7) is -1.16. The molecule has 0 heterocycles. The summed E-state index contributed by atoms with van der Waals surface area (Å²) in [5, 5.41) is 72.0. The molecule has 158 valence electrons. The van der Waals surface area contributed by atoms with Crippen LogP contribution < -0.4 is 5.32 Å². The van der Waals surface area contributed by atoms with Crippen molar-refractivity contribution in [2.45, 2.75) is 55.1 Å². The van der Waals surface area contributed by atoms with Crippen LogP contribution in [0.25, 0.3) is 0 Å². The minimum Gasteiger partial charge on any atom is -0.392 e. The minimum atomic E-state index is -4.80. The zero-order valence-electron chi connectivity index (χ0n) is 14.2. The summed E-state index contributed by atoms with van der Waals surface area (Å²) in [6.07, 6.45) is -7.99. The van der Waals surface area contributed by atoms with Gasteiger partial charge in [0.25, 0.3) is 0 Å². The van der Waals surface area contributed by atoms with Crippen LogP contribution in [0.2, 0.25) is 0 Å². The summed E-state index contributed by atoms with van der Waals surface area (Å²) in [6, 6.07) is -1.96. The van der Waals surface area contributed by atoms with Crippen LogP contribution >= 0.6 is 7.82 Å². The maximum atomic E-state index is 10.9. The van der Waals surface area contributed by atoms with Gasteiger partial charge in [0.1, 0.15) is 24.4 Å². The third-order valence-corrected chi connectivity index (χ3v) is 5.50. The summed E-state index contributed by atoms with van der Waals surface area (Å²) >= 11 is 0. The molecule has 0 aromatic carbocycles. The molecule has 0 radical (unpaired) electrons. The highest BCUT2D eigenvalue weighted by molar-refractivity contribution is 7.46. The lowest BCUT2D eigenvalue weighted by Crippen LogP contribution is -2.63. The summed E-state index contributed by atoms with van der Waals surface area (Å²) in [5.74, 6) is -0.939. The van der Waals surface area contributed by atoms with Crippen LogP contribution in [-0.4, -0.2) is 107 Å². The largest absolute Gasteiger partial charge is 0.469 e. The molecule has 0 bridgehead atoms. The Hall–Kier alpha value is -0.470. The number of hydrogen-bond acceptors (Lipinski definition) is 10. The van der Waals surface area contributed by atoms with E-state index in [0.717, 1.165) is 0 Å². The first-order valence-corrected chi connectivity index (χ1v) is 9.85. The lowest BCUT2D eigenvalue weighted by molar-refractivity contribution is -0.134. The van der Waals surface area contributed by atoms with E-state index in [9.17, 15) is 40.3 Å². The van der Waals surface area contributed by atoms with Crippen molar-refractivity contribution >= 4 is 7.82 Å². The Balaban J connectivity index is 2.13. The number of phosphoric acid groups is 1. The average Bonchev–Trinajstić information content (AvgIpc) is 2.60. The average molecular weight is 415 g/mol. The lowest BCUT2D eigenvalue weighted by Gasteiger charge is -2.43. The van der Waals surface area contributed by atoms with E-state index in [0.29, 0.717) is 0 Å². The molecule has 0 saturated heterocycles. The van der Waals surface area contributed by atoms with Gasteiger partial charge in [0, 0.05) is 12.0 Å². The smallest absolute Gasteiger partial charge is 0.392 e. The first-order chi connectivity index (χ1) is 12.5. The zero-order valence-corrected chi connectivity index (χ0v) is 15.1. The minimum absolute atomic E-state index is 0.0533. The molecule has 12 nitrogen and oxygen atoms in total. The van der Waals surface area contributed by atoms with Crippen LogP contribution in [0.5, 0.6) is 0 Å². The second-order valence-electron chi connectivity index (χ2n) is 6.88. The quantitative estimate of drug-likeness (QED) is 0.147. The molecule has 0 amide bonds. The van der Waals surface area contributed by atoms with Crippen LogP contribution in [0.4, 0.5) is 0 Å². The van der Waals surface area contributed by atoms with E-state index in [-0.39, 0.29) is 12.0 Å². The second-order valence-corrected chi connectivity index (χ2v) is 8.12.